The predicted molar refractivity (Wildman–Crippen MR) is 122 cm³/mol. The fourth-order valence-electron chi connectivity index (χ4n) is 4.07. The molecule has 0 aliphatic carbocycles. The van der Waals surface area contributed by atoms with Gasteiger partial charge in [-0.05, 0) is 51.1 Å². The van der Waals surface area contributed by atoms with Crippen molar-refractivity contribution in [3.05, 3.63) is 60.9 Å². The van der Waals surface area contributed by atoms with Crippen LogP contribution in [0, 0.1) is 0 Å². The molecule has 0 fully saturated rings. The molecule has 2 aromatic carbocycles. The Hall–Kier alpha value is -3.94. The topological polar surface area (TPSA) is 90.0 Å². The number of aromatic amines is 1. The molecule has 1 aliphatic rings. The molecular weight excluding hydrogens is 390 g/mol. The van der Waals surface area contributed by atoms with Gasteiger partial charge in [-0.3, -0.25) is 14.8 Å². The minimum absolute atomic E-state index is 0.00196. The van der Waals surface area contributed by atoms with E-state index in [-0.39, 0.29) is 18.0 Å². The Kier molecular flexibility index (Phi) is 4.54. The van der Waals surface area contributed by atoms with Crippen LogP contribution in [0.2, 0.25) is 0 Å². The maximum atomic E-state index is 13.3. The van der Waals surface area contributed by atoms with E-state index < -0.39 is 0 Å². The largest absolute Gasteiger partial charge is 0.341 e. The van der Waals surface area contributed by atoms with E-state index in [2.05, 4.69) is 34.3 Å². The van der Waals surface area contributed by atoms with Gasteiger partial charge in [-0.15, -0.1) is 0 Å². The third-order valence-electron chi connectivity index (χ3n) is 5.50. The molecule has 0 saturated heterocycles. The van der Waals surface area contributed by atoms with Gasteiger partial charge in [-0.1, -0.05) is 18.2 Å². The Labute approximate surface area is 179 Å². The van der Waals surface area contributed by atoms with Gasteiger partial charge in [0.2, 0.25) is 5.95 Å². The highest BCUT2D eigenvalue weighted by atomic mass is 16.2. The number of rotatable bonds is 4. The van der Waals surface area contributed by atoms with Crippen LogP contribution in [0.15, 0.2) is 60.9 Å². The van der Waals surface area contributed by atoms with Crippen LogP contribution in [0.5, 0.6) is 0 Å². The zero-order valence-corrected chi connectivity index (χ0v) is 17.6. The van der Waals surface area contributed by atoms with Crippen LogP contribution in [0.4, 0.5) is 28.8 Å². The zero-order valence-electron chi connectivity index (χ0n) is 17.6. The Morgan fingerprint density at radius 1 is 1.10 bits per heavy atom. The summed E-state index contributed by atoms with van der Waals surface area (Å²) in [4.78, 5) is 26.4. The smallest absolute Gasteiger partial charge is 0.254 e. The van der Waals surface area contributed by atoms with Crippen molar-refractivity contribution in [2.75, 3.05) is 15.1 Å². The highest BCUT2D eigenvalue weighted by Crippen LogP contribution is 2.40. The molecule has 5 rings (SSSR count). The third-order valence-corrected chi connectivity index (χ3v) is 5.50. The number of anilines is 5. The van der Waals surface area contributed by atoms with Gasteiger partial charge in [0.05, 0.1) is 17.9 Å². The summed E-state index contributed by atoms with van der Waals surface area (Å²) in [5.41, 5.74) is 3.32. The summed E-state index contributed by atoms with van der Waals surface area (Å²) in [7, 11) is 0. The molecular formula is C23H23N7O. The molecule has 1 atom stereocenters. The molecule has 0 saturated carbocycles. The second-order valence-electron chi connectivity index (χ2n) is 7.89. The summed E-state index contributed by atoms with van der Waals surface area (Å²) in [6, 6.07) is 15.3. The molecule has 1 aliphatic heterocycles. The van der Waals surface area contributed by atoms with Gasteiger partial charge in [0.15, 0.2) is 5.82 Å². The molecule has 4 aromatic rings. The number of benzene rings is 2. The number of nitrogens with zero attached hydrogens (tertiary/aromatic N) is 5. The molecule has 2 N–H and O–H groups in total. The van der Waals surface area contributed by atoms with E-state index in [1.54, 1.807) is 17.3 Å². The number of fused-ring (bicyclic) bond motifs is 2. The maximum absolute atomic E-state index is 13.3. The lowest BCUT2D eigenvalue weighted by atomic mass is 10.1. The monoisotopic (exact) mass is 413 g/mol. The van der Waals surface area contributed by atoms with Gasteiger partial charge < -0.3 is 10.2 Å². The van der Waals surface area contributed by atoms with Crippen LogP contribution in [-0.4, -0.2) is 38.2 Å². The van der Waals surface area contributed by atoms with Crippen molar-refractivity contribution in [2.45, 2.75) is 32.9 Å². The van der Waals surface area contributed by atoms with Crippen molar-refractivity contribution in [2.24, 2.45) is 0 Å². The van der Waals surface area contributed by atoms with E-state index >= 15 is 0 Å². The number of hydrogen-bond donors (Lipinski definition) is 2. The SMILES string of the molecule is CC(C)N1c2nc(Nc3ccc4[nH]ncc4c3)ncc2N(c2ccccc2)C(=O)C1C. The lowest BCUT2D eigenvalue weighted by Gasteiger charge is -2.42. The van der Waals surface area contributed by atoms with Crippen LogP contribution in [0.1, 0.15) is 20.8 Å². The molecule has 1 amide bonds. The normalized spacial score (nSPS) is 16.1. The molecule has 8 heteroatoms. The number of para-hydroxylation sites is 1. The minimum atomic E-state index is -0.349. The summed E-state index contributed by atoms with van der Waals surface area (Å²) < 4.78 is 0. The minimum Gasteiger partial charge on any atom is -0.341 e. The van der Waals surface area contributed by atoms with E-state index in [4.69, 9.17) is 4.98 Å². The Balaban J connectivity index is 1.58. The molecule has 1 unspecified atom stereocenters. The quantitative estimate of drug-likeness (QED) is 0.516. The predicted octanol–water partition coefficient (Wildman–Crippen LogP) is 4.38. The first-order valence-corrected chi connectivity index (χ1v) is 10.3. The Morgan fingerprint density at radius 2 is 1.90 bits per heavy atom. The van der Waals surface area contributed by atoms with Crippen LogP contribution in [-0.2, 0) is 4.79 Å². The second-order valence-corrected chi connectivity index (χ2v) is 7.89. The van der Waals surface area contributed by atoms with Crippen molar-refractivity contribution in [3.63, 3.8) is 0 Å². The van der Waals surface area contributed by atoms with Crippen LogP contribution < -0.4 is 15.1 Å². The average Bonchev–Trinajstić information content (AvgIpc) is 3.23. The van der Waals surface area contributed by atoms with Gasteiger partial charge in [0.1, 0.15) is 11.7 Å². The molecule has 8 nitrogen and oxygen atoms in total. The Morgan fingerprint density at radius 3 is 2.68 bits per heavy atom. The second kappa shape index (κ2) is 7.39. The van der Waals surface area contributed by atoms with E-state index in [1.807, 2.05) is 60.4 Å². The van der Waals surface area contributed by atoms with Gasteiger partial charge in [0.25, 0.3) is 5.91 Å². The lowest BCUT2D eigenvalue weighted by molar-refractivity contribution is -0.119. The molecule has 0 spiro atoms. The molecule has 3 heterocycles. The highest BCUT2D eigenvalue weighted by Gasteiger charge is 2.39. The number of amides is 1. The van der Waals surface area contributed by atoms with E-state index in [1.165, 1.54) is 0 Å². The first kappa shape index (κ1) is 19.0. The summed E-state index contributed by atoms with van der Waals surface area (Å²) in [6.07, 6.45) is 3.49. The standard InChI is InChI=1S/C23H23N7O/c1-14(2)29-15(3)22(31)30(18-7-5-4-6-8-18)20-13-24-23(27-21(20)29)26-17-9-10-19-16(11-17)12-25-28-19/h4-15H,1-3H3,(H,25,28)(H,24,26,27). The first-order valence-electron chi connectivity index (χ1n) is 10.3. The van der Waals surface area contributed by atoms with Crippen molar-refractivity contribution in [3.8, 4) is 0 Å². The average molecular weight is 413 g/mol. The number of carbonyl (C=O) groups is 1. The van der Waals surface area contributed by atoms with Gasteiger partial charge in [-0.25, -0.2) is 4.98 Å². The lowest BCUT2D eigenvalue weighted by Crippen LogP contribution is -2.53. The van der Waals surface area contributed by atoms with Gasteiger partial charge in [0, 0.05) is 22.8 Å². The zero-order chi connectivity index (χ0) is 21.5. The van der Waals surface area contributed by atoms with E-state index in [0.29, 0.717) is 11.6 Å². The van der Waals surface area contributed by atoms with Gasteiger partial charge in [-0.2, -0.15) is 10.1 Å². The van der Waals surface area contributed by atoms with Crippen LogP contribution in [0.3, 0.4) is 0 Å². The highest BCUT2D eigenvalue weighted by molar-refractivity contribution is 6.09. The summed E-state index contributed by atoms with van der Waals surface area (Å²) in [5.74, 6) is 1.21. The molecule has 0 radical (unpaired) electrons. The number of aromatic nitrogens is 4. The summed E-state index contributed by atoms with van der Waals surface area (Å²) in [6.45, 7) is 6.05. The maximum Gasteiger partial charge on any atom is 0.254 e. The van der Waals surface area contributed by atoms with Crippen molar-refractivity contribution >= 4 is 45.6 Å². The molecule has 2 aromatic heterocycles. The van der Waals surface area contributed by atoms with Gasteiger partial charge >= 0.3 is 0 Å². The first-order chi connectivity index (χ1) is 15.0. The van der Waals surface area contributed by atoms with Crippen LogP contribution in [0.25, 0.3) is 10.9 Å². The summed E-state index contributed by atoms with van der Waals surface area (Å²) in [5, 5.41) is 11.3. The molecule has 0 bridgehead atoms. The molecule has 156 valence electrons. The van der Waals surface area contributed by atoms with Crippen LogP contribution >= 0.6 is 0 Å². The third kappa shape index (κ3) is 3.26. The fourth-order valence-corrected chi connectivity index (χ4v) is 4.07. The number of nitrogens with one attached hydrogen (secondary N) is 2. The number of carbonyl (C=O) groups excluding carboxylic acids is 1. The van der Waals surface area contributed by atoms with Crippen molar-refractivity contribution < 1.29 is 4.79 Å². The Bertz CT molecular complexity index is 1250. The number of H-pyrrole nitrogens is 1. The van der Waals surface area contributed by atoms with Crippen molar-refractivity contribution in [1.82, 2.24) is 20.2 Å². The van der Waals surface area contributed by atoms with E-state index in [0.717, 1.165) is 28.1 Å². The number of hydrogen-bond acceptors (Lipinski definition) is 6. The summed E-state index contributed by atoms with van der Waals surface area (Å²) >= 11 is 0. The van der Waals surface area contributed by atoms with E-state index in [9.17, 15) is 4.79 Å². The fraction of sp³-hybridized carbons (Fsp3) is 0.217. The molecule has 31 heavy (non-hydrogen) atoms. The van der Waals surface area contributed by atoms with Crippen molar-refractivity contribution in [1.29, 1.82) is 0 Å².